The standard InChI is InChI=1S/C14H21NO2/c1-2-3-11-16-12-9-15-10-13-17-14-7-5-4-6-8-14/h2,4-8,15H,1,3,9-13H2. The molecule has 0 aromatic heterocycles. The van der Waals surface area contributed by atoms with Gasteiger partial charge in [-0.25, -0.2) is 0 Å². The van der Waals surface area contributed by atoms with Gasteiger partial charge in [0.15, 0.2) is 0 Å². The zero-order chi connectivity index (χ0) is 12.2. The summed E-state index contributed by atoms with van der Waals surface area (Å²) < 4.78 is 10.9. The van der Waals surface area contributed by atoms with Gasteiger partial charge < -0.3 is 14.8 Å². The molecular weight excluding hydrogens is 214 g/mol. The van der Waals surface area contributed by atoms with Crippen LogP contribution in [-0.4, -0.2) is 32.9 Å². The zero-order valence-corrected chi connectivity index (χ0v) is 10.2. The van der Waals surface area contributed by atoms with Gasteiger partial charge in [-0.2, -0.15) is 0 Å². The number of para-hydroxylation sites is 1. The minimum Gasteiger partial charge on any atom is -0.492 e. The van der Waals surface area contributed by atoms with Crippen molar-refractivity contribution >= 4 is 0 Å². The molecule has 0 aliphatic heterocycles. The van der Waals surface area contributed by atoms with Gasteiger partial charge in [-0.1, -0.05) is 24.3 Å². The molecule has 0 unspecified atom stereocenters. The third-order valence-corrected chi connectivity index (χ3v) is 2.18. The summed E-state index contributed by atoms with van der Waals surface area (Å²) in [6.07, 6.45) is 2.78. The number of hydrogen-bond donors (Lipinski definition) is 1. The molecule has 0 heterocycles. The number of ether oxygens (including phenoxy) is 2. The molecule has 0 aliphatic carbocycles. The third-order valence-electron chi connectivity index (χ3n) is 2.18. The maximum absolute atomic E-state index is 5.53. The lowest BCUT2D eigenvalue weighted by molar-refractivity contribution is 0.139. The van der Waals surface area contributed by atoms with E-state index in [0.29, 0.717) is 6.61 Å². The van der Waals surface area contributed by atoms with Crippen molar-refractivity contribution in [3.63, 3.8) is 0 Å². The summed E-state index contributed by atoms with van der Waals surface area (Å²) in [5.74, 6) is 0.913. The van der Waals surface area contributed by atoms with Crippen molar-refractivity contribution in [3.8, 4) is 5.75 Å². The Morgan fingerprint density at radius 3 is 2.59 bits per heavy atom. The second kappa shape index (κ2) is 9.87. The first kappa shape index (κ1) is 13.7. The molecule has 0 aliphatic rings. The summed E-state index contributed by atoms with van der Waals surface area (Å²) in [5.41, 5.74) is 0. The molecule has 17 heavy (non-hydrogen) atoms. The Bertz CT molecular complexity index is 288. The monoisotopic (exact) mass is 235 g/mol. The summed E-state index contributed by atoms with van der Waals surface area (Å²) in [4.78, 5) is 0. The van der Waals surface area contributed by atoms with E-state index in [9.17, 15) is 0 Å². The van der Waals surface area contributed by atoms with Gasteiger partial charge in [-0.15, -0.1) is 6.58 Å². The molecule has 0 amide bonds. The van der Waals surface area contributed by atoms with Crippen LogP contribution in [0.1, 0.15) is 6.42 Å². The van der Waals surface area contributed by atoms with Crippen LogP contribution in [0.3, 0.4) is 0 Å². The summed E-state index contributed by atoms with van der Waals surface area (Å²) >= 11 is 0. The molecule has 94 valence electrons. The molecule has 0 bridgehead atoms. The van der Waals surface area contributed by atoms with Crippen molar-refractivity contribution in [2.24, 2.45) is 0 Å². The van der Waals surface area contributed by atoms with E-state index in [-0.39, 0.29) is 0 Å². The summed E-state index contributed by atoms with van der Waals surface area (Å²) in [7, 11) is 0. The van der Waals surface area contributed by atoms with Crippen molar-refractivity contribution in [1.29, 1.82) is 0 Å². The quantitative estimate of drug-likeness (QED) is 0.498. The van der Waals surface area contributed by atoms with Crippen LogP contribution in [0.2, 0.25) is 0 Å². The van der Waals surface area contributed by atoms with E-state index in [0.717, 1.165) is 38.5 Å². The molecule has 1 aromatic rings. The van der Waals surface area contributed by atoms with Crippen LogP contribution in [-0.2, 0) is 4.74 Å². The topological polar surface area (TPSA) is 30.5 Å². The number of rotatable bonds is 10. The van der Waals surface area contributed by atoms with E-state index < -0.39 is 0 Å². The van der Waals surface area contributed by atoms with E-state index in [1.165, 1.54) is 0 Å². The fourth-order valence-electron chi connectivity index (χ4n) is 1.30. The summed E-state index contributed by atoms with van der Waals surface area (Å²) in [6.45, 7) is 7.49. The largest absolute Gasteiger partial charge is 0.492 e. The van der Waals surface area contributed by atoms with Crippen molar-refractivity contribution in [3.05, 3.63) is 43.0 Å². The maximum Gasteiger partial charge on any atom is 0.119 e. The minimum absolute atomic E-state index is 0.677. The molecule has 1 N–H and O–H groups in total. The Morgan fingerprint density at radius 2 is 1.82 bits per heavy atom. The van der Waals surface area contributed by atoms with Gasteiger partial charge in [0.2, 0.25) is 0 Å². The van der Waals surface area contributed by atoms with E-state index in [4.69, 9.17) is 9.47 Å². The van der Waals surface area contributed by atoms with E-state index in [2.05, 4.69) is 11.9 Å². The van der Waals surface area contributed by atoms with Gasteiger partial charge in [0.05, 0.1) is 13.2 Å². The van der Waals surface area contributed by atoms with Crippen LogP contribution in [0.5, 0.6) is 5.75 Å². The van der Waals surface area contributed by atoms with Crippen LogP contribution >= 0.6 is 0 Å². The van der Waals surface area contributed by atoms with E-state index in [1.807, 2.05) is 36.4 Å². The lowest BCUT2D eigenvalue weighted by Crippen LogP contribution is -2.25. The molecule has 0 atom stereocenters. The Labute approximate surface area is 103 Å². The van der Waals surface area contributed by atoms with Gasteiger partial charge in [0, 0.05) is 13.1 Å². The van der Waals surface area contributed by atoms with E-state index >= 15 is 0 Å². The second-order valence-electron chi connectivity index (χ2n) is 3.60. The molecule has 1 rings (SSSR count). The van der Waals surface area contributed by atoms with Crippen LogP contribution in [0.4, 0.5) is 0 Å². The van der Waals surface area contributed by atoms with Crippen LogP contribution in [0.25, 0.3) is 0 Å². The maximum atomic E-state index is 5.53. The van der Waals surface area contributed by atoms with Crippen molar-refractivity contribution < 1.29 is 9.47 Å². The Hall–Kier alpha value is -1.32. The molecule has 3 nitrogen and oxygen atoms in total. The highest BCUT2D eigenvalue weighted by Crippen LogP contribution is 2.07. The van der Waals surface area contributed by atoms with Crippen molar-refractivity contribution in [2.45, 2.75) is 6.42 Å². The summed E-state index contributed by atoms with van der Waals surface area (Å²) in [5, 5.41) is 3.26. The fourth-order valence-corrected chi connectivity index (χ4v) is 1.30. The lowest BCUT2D eigenvalue weighted by atomic mass is 10.3. The predicted molar refractivity (Wildman–Crippen MR) is 70.4 cm³/mol. The van der Waals surface area contributed by atoms with E-state index in [1.54, 1.807) is 0 Å². The fraction of sp³-hybridized carbons (Fsp3) is 0.429. The summed E-state index contributed by atoms with van der Waals surface area (Å²) in [6, 6.07) is 9.83. The smallest absolute Gasteiger partial charge is 0.119 e. The Balaban J connectivity index is 1.86. The number of nitrogens with one attached hydrogen (secondary N) is 1. The number of benzene rings is 1. The molecular formula is C14H21NO2. The van der Waals surface area contributed by atoms with Gasteiger partial charge in [-0.3, -0.25) is 0 Å². The van der Waals surface area contributed by atoms with Crippen LogP contribution in [0, 0.1) is 0 Å². The molecule has 1 aromatic carbocycles. The first-order valence-electron chi connectivity index (χ1n) is 6.00. The van der Waals surface area contributed by atoms with Crippen LogP contribution < -0.4 is 10.1 Å². The number of hydrogen-bond acceptors (Lipinski definition) is 3. The molecule has 0 saturated carbocycles. The SMILES string of the molecule is C=CCCOCCNCCOc1ccccc1. The second-order valence-corrected chi connectivity index (χ2v) is 3.60. The molecule has 0 fully saturated rings. The van der Waals surface area contributed by atoms with Crippen molar-refractivity contribution in [2.75, 3.05) is 32.9 Å². The minimum atomic E-state index is 0.677. The zero-order valence-electron chi connectivity index (χ0n) is 10.2. The molecule has 0 saturated heterocycles. The Morgan fingerprint density at radius 1 is 1.06 bits per heavy atom. The lowest BCUT2D eigenvalue weighted by Gasteiger charge is -2.07. The average Bonchev–Trinajstić information content (AvgIpc) is 2.38. The van der Waals surface area contributed by atoms with Crippen molar-refractivity contribution in [1.82, 2.24) is 5.32 Å². The highest BCUT2D eigenvalue weighted by molar-refractivity contribution is 5.20. The molecule has 0 radical (unpaired) electrons. The first-order valence-corrected chi connectivity index (χ1v) is 6.00. The molecule has 3 heteroatoms. The van der Waals surface area contributed by atoms with Crippen LogP contribution in [0.15, 0.2) is 43.0 Å². The molecule has 0 spiro atoms. The Kier molecular flexibility index (Phi) is 7.98. The highest BCUT2D eigenvalue weighted by Gasteiger charge is 1.91. The average molecular weight is 235 g/mol. The van der Waals surface area contributed by atoms with Gasteiger partial charge in [-0.05, 0) is 18.6 Å². The third kappa shape index (κ3) is 7.55. The van der Waals surface area contributed by atoms with Gasteiger partial charge in [0.1, 0.15) is 12.4 Å². The highest BCUT2D eigenvalue weighted by atomic mass is 16.5. The van der Waals surface area contributed by atoms with Gasteiger partial charge >= 0.3 is 0 Å². The normalized spacial score (nSPS) is 10.1. The predicted octanol–water partition coefficient (Wildman–Crippen LogP) is 2.25. The first-order chi connectivity index (χ1) is 8.43. The van der Waals surface area contributed by atoms with Gasteiger partial charge in [0.25, 0.3) is 0 Å².